The third-order valence-corrected chi connectivity index (χ3v) is 4.76. The van der Waals surface area contributed by atoms with Crippen LogP contribution in [0.25, 0.3) is 5.82 Å². The summed E-state index contributed by atoms with van der Waals surface area (Å²) in [7, 11) is 1.76. The number of aliphatic imine (C=N–C) groups is 1. The van der Waals surface area contributed by atoms with Gasteiger partial charge in [-0.15, -0.1) is 0 Å². The maximum Gasteiger partial charge on any atom is 0.191 e. The van der Waals surface area contributed by atoms with Crippen molar-refractivity contribution in [1.82, 2.24) is 30.6 Å². The van der Waals surface area contributed by atoms with Crippen molar-refractivity contribution in [3.05, 3.63) is 58.4 Å². The Bertz CT molecular complexity index is 948. The number of pyridine rings is 1. The van der Waals surface area contributed by atoms with Gasteiger partial charge in [-0.3, -0.25) is 4.99 Å². The number of nitrogens with one attached hydrogen (secondary N) is 2. The van der Waals surface area contributed by atoms with E-state index in [4.69, 9.17) is 4.52 Å². The van der Waals surface area contributed by atoms with E-state index in [9.17, 15) is 0 Å². The second-order valence-electron chi connectivity index (χ2n) is 6.88. The van der Waals surface area contributed by atoms with E-state index in [1.54, 1.807) is 7.05 Å². The van der Waals surface area contributed by atoms with E-state index in [-0.39, 0.29) is 0 Å². The molecule has 8 nitrogen and oxygen atoms in total. The fourth-order valence-corrected chi connectivity index (χ4v) is 3.22. The van der Waals surface area contributed by atoms with Crippen LogP contribution in [-0.2, 0) is 25.9 Å². The molecule has 29 heavy (non-hydrogen) atoms. The van der Waals surface area contributed by atoms with Crippen molar-refractivity contribution in [2.45, 2.75) is 53.6 Å². The Morgan fingerprint density at radius 3 is 2.52 bits per heavy atom. The van der Waals surface area contributed by atoms with Crippen LogP contribution in [0.1, 0.15) is 47.8 Å². The number of aromatic nitrogens is 4. The summed E-state index contributed by atoms with van der Waals surface area (Å²) in [5, 5.41) is 15.3. The van der Waals surface area contributed by atoms with Crippen molar-refractivity contribution in [3.8, 4) is 5.82 Å². The lowest BCUT2D eigenvalue weighted by Crippen LogP contribution is -2.36. The van der Waals surface area contributed by atoms with E-state index < -0.39 is 0 Å². The van der Waals surface area contributed by atoms with E-state index in [2.05, 4.69) is 44.7 Å². The van der Waals surface area contributed by atoms with Crippen molar-refractivity contribution in [2.75, 3.05) is 7.05 Å². The molecule has 0 spiro atoms. The largest absolute Gasteiger partial charge is 0.361 e. The fraction of sp³-hybridized carbons (Fsp3) is 0.429. The standard InChI is InChI=1S/C21H29N7O/c1-6-18-17(19(7-2)29-27-18)13-25-21(22-5)24-12-16-8-9-20(23-11-16)28-15(4)10-14(3)26-28/h8-11H,6-7,12-13H2,1-5H3,(H2,22,24,25). The van der Waals surface area contributed by atoms with Crippen LogP contribution in [0, 0.1) is 13.8 Å². The molecular formula is C21H29N7O. The minimum atomic E-state index is 0.620. The molecule has 0 aliphatic rings. The van der Waals surface area contributed by atoms with Crippen molar-refractivity contribution < 1.29 is 4.52 Å². The summed E-state index contributed by atoms with van der Waals surface area (Å²) < 4.78 is 7.27. The first-order valence-electron chi connectivity index (χ1n) is 9.95. The SMILES string of the molecule is CCc1noc(CC)c1CNC(=NC)NCc1ccc(-n2nc(C)cc2C)nc1. The van der Waals surface area contributed by atoms with Gasteiger partial charge < -0.3 is 15.2 Å². The molecule has 154 valence electrons. The van der Waals surface area contributed by atoms with Crippen LogP contribution >= 0.6 is 0 Å². The van der Waals surface area contributed by atoms with Gasteiger partial charge in [0.2, 0.25) is 0 Å². The Kier molecular flexibility index (Phi) is 6.64. The summed E-state index contributed by atoms with van der Waals surface area (Å²) in [6, 6.07) is 6.06. The molecule has 0 aliphatic carbocycles. The molecule has 3 rings (SSSR count). The molecule has 0 saturated carbocycles. The molecule has 3 aromatic heterocycles. The molecule has 0 bridgehead atoms. The van der Waals surface area contributed by atoms with E-state index in [0.717, 1.165) is 58.6 Å². The molecule has 0 aliphatic heterocycles. The summed E-state index contributed by atoms with van der Waals surface area (Å²) in [6.07, 6.45) is 3.53. The lowest BCUT2D eigenvalue weighted by Gasteiger charge is -2.12. The highest BCUT2D eigenvalue weighted by molar-refractivity contribution is 5.79. The van der Waals surface area contributed by atoms with Crippen LogP contribution in [0.4, 0.5) is 0 Å². The second-order valence-corrected chi connectivity index (χ2v) is 6.88. The summed E-state index contributed by atoms with van der Waals surface area (Å²) in [5.74, 6) is 2.46. The molecule has 0 fully saturated rings. The first-order valence-corrected chi connectivity index (χ1v) is 9.95. The third-order valence-electron chi connectivity index (χ3n) is 4.76. The molecule has 8 heteroatoms. The summed E-state index contributed by atoms with van der Waals surface area (Å²) in [4.78, 5) is 8.84. The van der Waals surface area contributed by atoms with Crippen LogP contribution in [-0.4, -0.2) is 32.9 Å². The van der Waals surface area contributed by atoms with Crippen LogP contribution < -0.4 is 10.6 Å². The van der Waals surface area contributed by atoms with Crippen LogP contribution in [0.5, 0.6) is 0 Å². The van der Waals surface area contributed by atoms with Gasteiger partial charge >= 0.3 is 0 Å². The maximum atomic E-state index is 5.42. The Labute approximate surface area is 171 Å². The van der Waals surface area contributed by atoms with E-state index in [1.807, 2.05) is 42.9 Å². The highest BCUT2D eigenvalue weighted by Crippen LogP contribution is 2.15. The van der Waals surface area contributed by atoms with E-state index in [1.165, 1.54) is 0 Å². The minimum absolute atomic E-state index is 0.620. The highest BCUT2D eigenvalue weighted by Gasteiger charge is 2.13. The first kappa shape index (κ1) is 20.6. The summed E-state index contributed by atoms with van der Waals surface area (Å²) in [6.45, 7) is 9.40. The van der Waals surface area contributed by atoms with Gasteiger partial charge in [0.05, 0.1) is 11.4 Å². The van der Waals surface area contributed by atoms with Crippen molar-refractivity contribution >= 4 is 5.96 Å². The normalized spacial score (nSPS) is 11.7. The predicted molar refractivity (Wildman–Crippen MR) is 113 cm³/mol. The molecule has 0 unspecified atom stereocenters. The number of hydrogen-bond donors (Lipinski definition) is 2. The fourth-order valence-electron chi connectivity index (χ4n) is 3.22. The average Bonchev–Trinajstić information content (AvgIpc) is 3.30. The molecule has 0 radical (unpaired) electrons. The zero-order valence-electron chi connectivity index (χ0n) is 17.8. The molecule has 3 aromatic rings. The molecule has 3 heterocycles. The number of nitrogens with zero attached hydrogens (tertiary/aromatic N) is 5. The second kappa shape index (κ2) is 9.36. The molecule has 0 aromatic carbocycles. The van der Waals surface area contributed by atoms with Gasteiger partial charge in [0, 0.05) is 44.0 Å². The Balaban J connectivity index is 1.58. The molecule has 0 atom stereocenters. The Morgan fingerprint density at radius 2 is 1.93 bits per heavy atom. The molecular weight excluding hydrogens is 366 g/mol. The van der Waals surface area contributed by atoms with Gasteiger partial charge in [-0.25, -0.2) is 9.67 Å². The number of hydrogen-bond acceptors (Lipinski definition) is 5. The van der Waals surface area contributed by atoms with Gasteiger partial charge in [-0.05, 0) is 38.0 Å². The van der Waals surface area contributed by atoms with Gasteiger partial charge in [0.15, 0.2) is 11.8 Å². The van der Waals surface area contributed by atoms with Gasteiger partial charge in [-0.2, -0.15) is 5.10 Å². The molecule has 2 N–H and O–H groups in total. The maximum absolute atomic E-state index is 5.42. The van der Waals surface area contributed by atoms with Crippen LogP contribution in [0.3, 0.4) is 0 Å². The van der Waals surface area contributed by atoms with Gasteiger partial charge in [-0.1, -0.05) is 25.1 Å². The third kappa shape index (κ3) is 4.82. The highest BCUT2D eigenvalue weighted by atomic mass is 16.5. The summed E-state index contributed by atoms with van der Waals surface area (Å²) in [5.41, 5.74) is 5.22. The number of guanidine groups is 1. The first-order chi connectivity index (χ1) is 14.0. The van der Waals surface area contributed by atoms with Crippen molar-refractivity contribution in [1.29, 1.82) is 0 Å². The van der Waals surface area contributed by atoms with Crippen LogP contribution in [0.15, 0.2) is 33.9 Å². The molecule has 0 amide bonds. The van der Waals surface area contributed by atoms with E-state index >= 15 is 0 Å². The Hall–Kier alpha value is -3.16. The predicted octanol–water partition coefficient (Wildman–Crippen LogP) is 2.86. The smallest absolute Gasteiger partial charge is 0.191 e. The van der Waals surface area contributed by atoms with Crippen LogP contribution in [0.2, 0.25) is 0 Å². The zero-order chi connectivity index (χ0) is 20.8. The van der Waals surface area contributed by atoms with Gasteiger partial charge in [0.1, 0.15) is 5.76 Å². The lowest BCUT2D eigenvalue weighted by atomic mass is 10.1. The zero-order valence-corrected chi connectivity index (χ0v) is 17.8. The number of aryl methyl sites for hydroxylation is 4. The average molecular weight is 396 g/mol. The monoisotopic (exact) mass is 395 g/mol. The van der Waals surface area contributed by atoms with Crippen molar-refractivity contribution in [3.63, 3.8) is 0 Å². The summed E-state index contributed by atoms with van der Waals surface area (Å²) >= 11 is 0. The van der Waals surface area contributed by atoms with Gasteiger partial charge in [0.25, 0.3) is 0 Å². The van der Waals surface area contributed by atoms with E-state index in [0.29, 0.717) is 13.1 Å². The minimum Gasteiger partial charge on any atom is -0.361 e. The quantitative estimate of drug-likeness (QED) is 0.472. The molecule has 0 saturated heterocycles. The topological polar surface area (TPSA) is 93.2 Å². The number of rotatable bonds is 7. The Morgan fingerprint density at radius 1 is 1.14 bits per heavy atom. The lowest BCUT2D eigenvalue weighted by molar-refractivity contribution is 0.380. The van der Waals surface area contributed by atoms with Crippen molar-refractivity contribution in [2.24, 2.45) is 4.99 Å².